The molecule has 1 aromatic heterocycles. The predicted molar refractivity (Wildman–Crippen MR) is 90.4 cm³/mol. The lowest BCUT2D eigenvalue weighted by Gasteiger charge is -2.29. The van der Waals surface area contributed by atoms with E-state index < -0.39 is 10.8 Å². The molecule has 0 atom stereocenters. The summed E-state index contributed by atoms with van der Waals surface area (Å²) in [7, 11) is -0.649. The molecule has 1 aromatic rings. The van der Waals surface area contributed by atoms with Crippen LogP contribution in [0.5, 0.6) is 0 Å². The maximum Gasteiger partial charge on any atom is 0.129 e. The Bertz CT molecular complexity index is 501. The Morgan fingerprint density at radius 2 is 1.95 bits per heavy atom. The summed E-state index contributed by atoms with van der Waals surface area (Å²) < 4.78 is 11.5. The van der Waals surface area contributed by atoms with E-state index >= 15 is 0 Å². The number of nitrogens with one attached hydrogen (secondary N) is 1. The van der Waals surface area contributed by atoms with Crippen molar-refractivity contribution < 1.29 is 4.21 Å². The summed E-state index contributed by atoms with van der Waals surface area (Å²) in [6, 6.07) is 4.38. The van der Waals surface area contributed by atoms with Crippen LogP contribution < -0.4 is 10.2 Å². The average molecular weight is 309 g/mol. The minimum Gasteiger partial charge on any atom is -0.355 e. The smallest absolute Gasteiger partial charge is 0.129 e. The van der Waals surface area contributed by atoms with E-state index in [1.54, 1.807) is 0 Å². The van der Waals surface area contributed by atoms with Crippen LogP contribution >= 0.6 is 0 Å². The van der Waals surface area contributed by atoms with Crippen LogP contribution in [0.15, 0.2) is 12.1 Å². The van der Waals surface area contributed by atoms with Crippen molar-refractivity contribution in [3.63, 3.8) is 0 Å². The molecule has 0 unspecified atom stereocenters. The number of pyridine rings is 1. The van der Waals surface area contributed by atoms with Crippen molar-refractivity contribution in [1.82, 2.24) is 10.3 Å². The van der Waals surface area contributed by atoms with Crippen LogP contribution in [0, 0.1) is 0 Å². The molecule has 21 heavy (non-hydrogen) atoms. The highest BCUT2D eigenvalue weighted by Gasteiger charge is 2.21. The van der Waals surface area contributed by atoms with E-state index in [4.69, 9.17) is 4.98 Å². The number of hydrogen-bond donors (Lipinski definition) is 1. The zero-order chi connectivity index (χ0) is 15.5. The van der Waals surface area contributed by atoms with Crippen molar-refractivity contribution in [1.29, 1.82) is 0 Å². The number of rotatable bonds is 4. The van der Waals surface area contributed by atoms with Gasteiger partial charge in [-0.3, -0.25) is 4.21 Å². The lowest BCUT2D eigenvalue weighted by Crippen LogP contribution is -2.38. The Morgan fingerprint density at radius 1 is 1.29 bits per heavy atom. The fraction of sp³-hybridized carbons (Fsp3) is 0.688. The second-order valence-corrected chi connectivity index (χ2v) is 8.28. The third kappa shape index (κ3) is 4.51. The molecule has 1 saturated heterocycles. The lowest BCUT2D eigenvalue weighted by atomic mass is 9.90. The van der Waals surface area contributed by atoms with Crippen LogP contribution in [-0.4, -0.2) is 40.3 Å². The third-order valence-corrected chi connectivity index (χ3v) is 5.00. The first-order valence-electron chi connectivity index (χ1n) is 7.72. The second-order valence-electron chi connectivity index (χ2n) is 6.58. The first-order valence-corrected chi connectivity index (χ1v) is 9.21. The molecule has 0 radical (unpaired) electrons. The van der Waals surface area contributed by atoms with Gasteiger partial charge in [-0.2, -0.15) is 0 Å². The van der Waals surface area contributed by atoms with Gasteiger partial charge in [0.2, 0.25) is 0 Å². The number of hydrogen-bond acceptors (Lipinski definition) is 4. The highest BCUT2D eigenvalue weighted by molar-refractivity contribution is 7.85. The van der Waals surface area contributed by atoms with Crippen molar-refractivity contribution in [2.75, 3.05) is 36.0 Å². The van der Waals surface area contributed by atoms with E-state index in [9.17, 15) is 4.21 Å². The largest absolute Gasteiger partial charge is 0.355 e. The predicted octanol–water partition coefficient (Wildman–Crippen LogP) is 2.06. The number of aromatic nitrogens is 1. The first-order chi connectivity index (χ1) is 9.90. The summed E-state index contributed by atoms with van der Waals surface area (Å²) >= 11 is 0. The molecular formula is C16H27N3OS. The van der Waals surface area contributed by atoms with Crippen molar-refractivity contribution in [2.24, 2.45) is 0 Å². The van der Waals surface area contributed by atoms with Crippen molar-refractivity contribution in [3.8, 4) is 0 Å². The molecule has 4 nitrogen and oxygen atoms in total. The Morgan fingerprint density at radius 3 is 2.52 bits per heavy atom. The maximum atomic E-state index is 11.5. The van der Waals surface area contributed by atoms with E-state index in [0.717, 1.165) is 49.2 Å². The van der Waals surface area contributed by atoms with Gasteiger partial charge in [0.05, 0.1) is 0 Å². The summed E-state index contributed by atoms with van der Waals surface area (Å²) in [6.07, 6.45) is 0. The van der Waals surface area contributed by atoms with Crippen LogP contribution in [0.4, 0.5) is 5.82 Å². The fourth-order valence-corrected chi connectivity index (χ4v) is 3.41. The molecule has 0 spiro atoms. The highest BCUT2D eigenvalue weighted by Crippen LogP contribution is 2.25. The molecule has 1 aliphatic heterocycles. The van der Waals surface area contributed by atoms with Crippen LogP contribution in [0.3, 0.4) is 0 Å². The molecule has 0 aliphatic carbocycles. The van der Waals surface area contributed by atoms with E-state index in [2.05, 4.69) is 50.0 Å². The van der Waals surface area contributed by atoms with Crippen molar-refractivity contribution in [2.45, 2.75) is 39.7 Å². The van der Waals surface area contributed by atoms with Crippen LogP contribution in [0.1, 0.15) is 39.0 Å². The topological polar surface area (TPSA) is 45.2 Å². The van der Waals surface area contributed by atoms with Crippen molar-refractivity contribution >= 4 is 16.6 Å². The maximum absolute atomic E-state index is 11.5. The molecule has 1 aliphatic rings. The second kappa shape index (κ2) is 6.88. The van der Waals surface area contributed by atoms with Gasteiger partial charge in [-0.05, 0) is 24.2 Å². The SMILES string of the molecule is CCNCc1cc(N2CCS(=O)CC2)nc(C(C)(C)C)c1. The van der Waals surface area contributed by atoms with Gasteiger partial charge in [0.15, 0.2) is 0 Å². The van der Waals surface area contributed by atoms with E-state index in [-0.39, 0.29) is 5.41 Å². The highest BCUT2D eigenvalue weighted by atomic mass is 32.2. The monoisotopic (exact) mass is 309 g/mol. The zero-order valence-corrected chi connectivity index (χ0v) is 14.4. The van der Waals surface area contributed by atoms with Gasteiger partial charge < -0.3 is 10.2 Å². The summed E-state index contributed by atoms with van der Waals surface area (Å²) in [5.41, 5.74) is 2.44. The van der Waals surface area contributed by atoms with E-state index in [1.165, 1.54) is 5.56 Å². The summed E-state index contributed by atoms with van der Waals surface area (Å²) in [4.78, 5) is 7.13. The van der Waals surface area contributed by atoms with Gasteiger partial charge >= 0.3 is 0 Å². The molecule has 0 amide bonds. The Kier molecular flexibility index (Phi) is 5.38. The van der Waals surface area contributed by atoms with Gasteiger partial charge in [0.1, 0.15) is 5.82 Å². The Balaban J connectivity index is 2.28. The standard InChI is InChI=1S/C16H27N3OS/c1-5-17-12-13-10-14(16(2,3)4)18-15(11-13)19-6-8-21(20)9-7-19/h10-11,17H,5-9,12H2,1-4H3. The molecule has 0 aromatic carbocycles. The van der Waals surface area contributed by atoms with Gasteiger partial charge in [0.25, 0.3) is 0 Å². The molecule has 2 heterocycles. The summed E-state index contributed by atoms with van der Waals surface area (Å²) in [5.74, 6) is 2.54. The minimum atomic E-state index is -0.649. The summed E-state index contributed by atoms with van der Waals surface area (Å²) in [5, 5.41) is 3.39. The zero-order valence-electron chi connectivity index (χ0n) is 13.6. The lowest BCUT2D eigenvalue weighted by molar-refractivity contribution is 0.565. The van der Waals surface area contributed by atoms with Crippen LogP contribution in [0.2, 0.25) is 0 Å². The normalized spacial score (nSPS) is 17.2. The molecular weight excluding hydrogens is 282 g/mol. The fourth-order valence-electron chi connectivity index (χ4n) is 2.36. The molecule has 1 fully saturated rings. The molecule has 5 heteroatoms. The molecule has 0 saturated carbocycles. The Hall–Kier alpha value is -0.940. The first kappa shape index (κ1) is 16.4. The molecule has 0 bridgehead atoms. The minimum absolute atomic E-state index is 0.0373. The number of nitrogens with zero attached hydrogens (tertiary/aromatic N) is 2. The van der Waals surface area contributed by atoms with Crippen molar-refractivity contribution in [3.05, 3.63) is 23.4 Å². The summed E-state index contributed by atoms with van der Waals surface area (Å²) in [6.45, 7) is 12.2. The van der Waals surface area contributed by atoms with Gasteiger partial charge in [-0.1, -0.05) is 27.7 Å². The number of anilines is 1. The molecule has 2 rings (SSSR count). The Labute approximate surface area is 130 Å². The third-order valence-electron chi connectivity index (χ3n) is 3.72. The van der Waals surface area contributed by atoms with Gasteiger partial charge in [-0.25, -0.2) is 4.98 Å². The van der Waals surface area contributed by atoms with Crippen LogP contribution in [0.25, 0.3) is 0 Å². The molecule has 1 N–H and O–H groups in total. The van der Waals surface area contributed by atoms with Crippen LogP contribution in [-0.2, 0) is 22.8 Å². The average Bonchev–Trinajstić information content (AvgIpc) is 2.44. The van der Waals surface area contributed by atoms with Gasteiger partial charge in [0, 0.05) is 53.0 Å². The van der Waals surface area contributed by atoms with E-state index in [1.807, 2.05) is 0 Å². The van der Waals surface area contributed by atoms with Gasteiger partial charge in [-0.15, -0.1) is 0 Å². The van der Waals surface area contributed by atoms with E-state index in [0.29, 0.717) is 0 Å². The molecule has 118 valence electrons. The quantitative estimate of drug-likeness (QED) is 0.925.